The summed E-state index contributed by atoms with van der Waals surface area (Å²) < 4.78 is 56.1. The molecule has 20 heteroatoms. The predicted octanol–water partition coefficient (Wildman–Crippen LogP) is 2.06. The molecule has 1 aromatic heterocycles. The number of methoxy groups -OCH3 is 3. The minimum absolute atomic E-state index is 0.0517. The quantitative estimate of drug-likeness (QED) is 0.122. The van der Waals surface area contributed by atoms with Crippen LogP contribution in [0.15, 0.2) is 17.4 Å². The van der Waals surface area contributed by atoms with Gasteiger partial charge in [0.25, 0.3) is 6.02 Å². The first-order valence-corrected chi connectivity index (χ1v) is 23.5. The predicted molar refractivity (Wildman–Crippen MR) is 242 cm³/mol. The number of nitrogens with zero attached hydrogens (tertiary/aromatic N) is 4. The number of esters is 1. The largest absolute Gasteiger partial charge is 0.480 e. The Balaban J connectivity index is 1.56. The molecule has 0 saturated carbocycles. The van der Waals surface area contributed by atoms with E-state index >= 15 is 0 Å². The summed E-state index contributed by atoms with van der Waals surface area (Å²) in [5.41, 5.74) is -6.16. The van der Waals surface area contributed by atoms with E-state index in [-0.39, 0.29) is 49.9 Å². The third kappa shape index (κ3) is 11.8. The zero-order valence-electron chi connectivity index (χ0n) is 41.6. The Hall–Kier alpha value is -2.86. The number of likely N-dealkylation sites (N-methyl/N-ethyl adjacent to an activating group) is 1. The molecular formula is C46H80N6O14. The number of carbonyl (C=O) groups is 1. The molecule has 18 atom stereocenters. The van der Waals surface area contributed by atoms with Crippen molar-refractivity contribution in [1.82, 2.24) is 25.5 Å². The molecule has 0 unspecified atom stereocenters. The summed E-state index contributed by atoms with van der Waals surface area (Å²) in [6.45, 7) is 19.0. The molecule has 6 N–H and O–H groups in total. The van der Waals surface area contributed by atoms with Gasteiger partial charge in [0.2, 0.25) is 5.88 Å². The molecule has 4 saturated heterocycles. The van der Waals surface area contributed by atoms with Gasteiger partial charge in [-0.05, 0) is 80.2 Å². The minimum atomic E-state index is -1.84. The van der Waals surface area contributed by atoms with Crippen LogP contribution >= 0.6 is 0 Å². The highest BCUT2D eigenvalue weighted by molar-refractivity contribution is 5.79. The lowest BCUT2D eigenvalue weighted by Crippen LogP contribution is -2.70. The lowest BCUT2D eigenvalue weighted by atomic mass is 9.75. The third-order valence-corrected chi connectivity index (χ3v) is 14.5. The molecular weight excluding hydrogens is 861 g/mol. The summed E-state index contributed by atoms with van der Waals surface area (Å²) in [7, 11) is 6.50. The molecule has 4 aliphatic rings. The first-order valence-electron chi connectivity index (χ1n) is 23.5. The van der Waals surface area contributed by atoms with Gasteiger partial charge in [-0.3, -0.25) is 4.79 Å². The average Bonchev–Trinajstić information content (AvgIpc) is 3.58. The number of ether oxygens (including phenoxy) is 9. The van der Waals surface area contributed by atoms with Crippen LogP contribution in [0, 0.1) is 17.8 Å². The normalized spacial score (nSPS) is 43.6. The highest BCUT2D eigenvalue weighted by Crippen LogP contribution is 2.44. The molecule has 378 valence electrons. The Bertz CT molecular complexity index is 1750. The van der Waals surface area contributed by atoms with E-state index in [2.05, 4.69) is 25.6 Å². The van der Waals surface area contributed by atoms with Gasteiger partial charge in [0.1, 0.15) is 29.0 Å². The number of aliphatic hydroxyl groups is 4. The van der Waals surface area contributed by atoms with Gasteiger partial charge in [0.15, 0.2) is 24.5 Å². The van der Waals surface area contributed by atoms with Crippen LogP contribution in [0.25, 0.3) is 0 Å². The van der Waals surface area contributed by atoms with Crippen molar-refractivity contribution < 1.29 is 67.9 Å². The summed E-state index contributed by atoms with van der Waals surface area (Å²) in [6, 6.07) is -0.579. The smallest absolute Gasteiger partial charge is 0.311 e. The lowest BCUT2D eigenvalue weighted by Gasteiger charge is -2.53. The van der Waals surface area contributed by atoms with Gasteiger partial charge < -0.3 is 78.6 Å². The molecule has 0 bridgehead atoms. The second-order valence-electron chi connectivity index (χ2n) is 19.7. The maximum absolute atomic E-state index is 14.6. The fourth-order valence-corrected chi connectivity index (χ4v) is 10.2. The maximum Gasteiger partial charge on any atom is 0.311 e. The molecule has 66 heavy (non-hydrogen) atoms. The number of nitrogens with one attached hydrogen (secondary N) is 2. The highest BCUT2D eigenvalue weighted by Gasteiger charge is 2.59. The van der Waals surface area contributed by atoms with E-state index in [1.54, 1.807) is 48.7 Å². The summed E-state index contributed by atoms with van der Waals surface area (Å²) in [4.78, 5) is 29.7. The zero-order chi connectivity index (χ0) is 48.9. The van der Waals surface area contributed by atoms with Gasteiger partial charge in [-0.25, -0.2) is 9.97 Å². The van der Waals surface area contributed by atoms with E-state index in [0.717, 1.165) is 0 Å². The van der Waals surface area contributed by atoms with Crippen LogP contribution in [0.1, 0.15) is 94.9 Å². The summed E-state index contributed by atoms with van der Waals surface area (Å²) >= 11 is 0. The Morgan fingerprint density at radius 3 is 2.32 bits per heavy atom. The average molecular weight is 941 g/mol. The molecule has 20 nitrogen and oxygen atoms in total. The van der Waals surface area contributed by atoms with Crippen LogP contribution < -0.4 is 15.4 Å². The highest BCUT2D eigenvalue weighted by atomic mass is 16.7. The van der Waals surface area contributed by atoms with Gasteiger partial charge in [0.05, 0.1) is 68.1 Å². The summed E-state index contributed by atoms with van der Waals surface area (Å²) in [6.07, 6.45) is -4.53. The number of cyclic esters (lactones) is 1. The minimum Gasteiger partial charge on any atom is -0.480 e. The second kappa shape index (κ2) is 22.3. The number of fused-ring (bicyclic) bond motifs is 1. The van der Waals surface area contributed by atoms with E-state index in [1.165, 1.54) is 33.5 Å². The van der Waals surface area contributed by atoms with Crippen LogP contribution in [-0.2, 0) is 42.7 Å². The zero-order valence-corrected chi connectivity index (χ0v) is 41.6. The van der Waals surface area contributed by atoms with Crippen LogP contribution in [0.4, 0.5) is 5.82 Å². The molecule has 4 fully saturated rings. The van der Waals surface area contributed by atoms with E-state index in [1.807, 2.05) is 32.7 Å². The van der Waals surface area contributed by atoms with Crippen molar-refractivity contribution in [2.24, 2.45) is 22.7 Å². The number of aliphatic imine (C=N–C) groups is 1. The Morgan fingerprint density at radius 1 is 0.985 bits per heavy atom. The summed E-state index contributed by atoms with van der Waals surface area (Å²) in [5, 5.41) is 54.9. The number of hydrogen-bond donors (Lipinski definition) is 6. The Morgan fingerprint density at radius 2 is 1.70 bits per heavy atom. The van der Waals surface area contributed by atoms with Crippen molar-refractivity contribution in [3.8, 4) is 5.88 Å². The molecule has 0 spiro atoms. The number of rotatable bonds is 13. The van der Waals surface area contributed by atoms with Gasteiger partial charge in [0, 0.05) is 52.7 Å². The number of aliphatic hydroxyl groups excluding tert-OH is 1. The van der Waals surface area contributed by atoms with Crippen LogP contribution in [0.3, 0.4) is 0 Å². The van der Waals surface area contributed by atoms with Gasteiger partial charge in [-0.1, -0.05) is 20.8 Å². The van der Waals surface area contributed by atoms with Crippen molar-refractivity contribution in [2.75, 3.05) is 54.6 Å². The molecule has 5 heterocycles. The maximum atomic E-state index is 14.6. The van der Waals surface area contributed by atoms with Crippen molar-refractivity contribution in [2.45, 2.75) is 185 Å². The molecule has 4 aliphatic heterocycles. The third-order valence-electron chi connectivity index (χ3n) is 14.5. The second-order valence-corrected chi connectivity index (χ2v) is 19.7. The van der Waals surface area contributed by atoms with Gasteiger partial charge in [-0.2, -0.15) is 4.99 Å². The molecule has 0 aliphatic carbocycles. The first kappa shape index (κ1) is 54.1. The van der Waals surface area contributed by atoms with Crippen LogP contribution in [0.2, 0.25) is 0 Å². The Labute approximate surface area is 390 Å². The summed E-state index contributed by atoms with van der Waals surface area (Å²) in [5.74, 6) is -2.13. The van der Waals surface area contributed by atoms with Gasteiger partial charge in [-0.15, -0.1) is 0 Å². The fraction of sp³-hybridized carbons (Fsp3) is 0.870. The fourth-order valence-electron chi connectivity index (χ4n) is 10.2. The number of aromatic nitrogens is 2. The van der Waals surface area contributed by atoms with Crippen LogP contribution in [-0.4, -0.2) is 192 Å². The number of amidine groups is 1. The molecule has 0 amide bonds. The number of hydrogen-bond acceptors (Lipinski definition) is 19. The molecule has 0 aromatic carbocycles. The molecule has 1 aromatic rings. The Kier molecular flexibility index (Phi) is 18.2. The van der Waals surface area contributed by atoms with E-state index in [9.17, 15) is 25.2 Å². The van der Waals surface area contributed by atoms with E-state index in [4.69, 9.17) is 42.6 Å². The van der Waals surface area contributed by atoms with Crippen LogP contribution in [0.5, 0.6) is 5.88 Å². The lowest BCUT2D eigenvalue weighted by molar-refractivity contribution is -0.335. The topological polar surface area (TPSA) is 246 Å². The van der Waals surface area contributed by atoms with E-state index in [0.29, 0.717) is 37.8 Å². The van der Waals surface area contributed by atoms with Crippen molar-refractivity contribution >= 4 is 17.8 Å². The van der Waals surface area contributed by atoms with Crippen molar-refractivity contribution in [3.63, 3.8) is 0 Å². The van der Waals surface area contributed by atoms with Gasteiger partial charge >= 0.3 is 5.97 Å². The standard InChI is InChI=1S/C46H80N6O14/c1-15-32-45(10,56)38(53)29(6)48-21-25(2)19-43(8,55)39(66-41-37-31(18-26(3)61-41)52(11)42(65-37)51-33-22-50-34(59-13)23-49-33)27(4)36(28(5)40(54)63-32)64-35-20-44(9,60-14)46(57,30(7)62-35)24-47-16-17-58-12/h22-23,25-32,35-39,41,47-48,53,55-57H,15-21,24H2,1-14H3/t25-,26-,27+,28-,29-,30+,31+,32-,35+,36+,37-,38-,39-,41+,43-,44-,45-,46+/m1/s1. The SMILES string of the molecule is CC[C@H]1OC(=O)[C@H](C)[C@@H](O[C@H]2C[C@@](C)(OC)[C@](O)(CNCCOC)[C@H](C)O2)[C@H](C)[C@@H](O[C@@H]2O[C@H](C)C[C@H]3[C@H]2OC(=Nc2cnc(OC)cn2)N3C)[C@](C)(O)C[C@@H](C)CN[C@H](C)[C@@H](O)[C@]1(C)O. The monoisotopic (exact) mass is 941 g/mol. The van der Waals surface area contributed by atoms with E-state index < -0.39 is 95.5 Å². The molecule has 0 radical (unpaired) electrons. The van der Waals surface area contributed by atoms with Crippen molar-refractivity contribution in [1.29, 1.82) is 0 Å². The first-order chi connectivity index (χ1) is 31.0. The van der Waals surface area contributed by atoms with Crippen molar-refractivity contribution in [3.05, 3.63) is 12.4 Å². The molecule has 5 rings (SSSR count). The number of carbonyl (C=O) groups excluding carboxylic acids is 1.